The maximum atomic E-state index is 8.73. The lowest BCUT2D eigenvalue weighted by Gasteiger charge is -2.33. The summed E-state index contributed by atoms with van der Waals surface area (Å²) in [5.74, 6) is 0.915. The summed E-state index contributed by atoms with van der Waals surface area (Å²) < 4.78 is 5.67. The Morgan fingerprint density at radius 3 is 2.05 bits per heavy atom. The third-order valence-corrected chi connectivity index (χ3v) is 3.43. The van der Waals surface area contributed by atoms with Crippen molar-refractivity contribution in [3.8, 4) is 5.75 Å². The molecule has 0 aromatic heterocycles. The van der Waals surface area contributed by atoms with Gasteiger partial charge in [0.25, 0.3) is 0 Å². The van der Waals surface area contributed by atoms with E-state index in [1.54, 1.807) is 0 Å². The second kappa shape index (κ2) is 7.12. The van der Waals surface area contributed by atoms with Crippen molar-refractivity contribution in [3.05, 3.63) is 29.8 Å². The van der Waals surface area contributed by atoms with Gasteiger partial charge >= 0.3 is 0 Å². The molecule has 0 unspecified atom stereocenters. The molecule has 0 amide bonds. The molecule has 0 aliphatic heterocycles. The summed E-state index contributed by atoms with van der Waals surface area (Å²) in [5, 5.41) is 8.73. The van der Waals surface area contributed by atoms with Gasteiger partial charge in [-0.2, -0.15) is 0 Å². The van der Waals surface area contributed by atoms with E-state index in [2.05, 4.69) is 58.9 Å². The summed E-state index contributed by atoms with van der Waals surface area (Å²) in [5.41, 5.74) is 1.85. The SMILES string of the molecule is CC(C)(C)CC(C)(C)c1ccc(OCCCCO)cc1. The highest BCUT2D eigenvalue weighted by Crippen LogP contribution is 2.36. The van der Waals surface area contributed by atoms with Crippen molar-refractivity contribution >= 4 is 0 Å². The van der Waals surface area contributed by atoms with Gasteiger partial charge in [-0.05, 0) is 47.8 Å². The molecule has 0 atom stereocenters. The quantitative estimate of drug-likeness (QED) is 0.741. The number of hydrogen-bond acceptors (Lipinski definition) is 2. The smallest absolute Gasteiger partial charge is 0.119 e. The number of aliphatic hydroxyl groups excluding tert-OH is 1. The maximum Gasteiger partial charge on any atom is 0.119 e. The van der Waals surface area contributed by atoms with Gasteiger partial charge in [0.2, 0.25) is 0 Å². The zero-order valence-corrected chi connectivity index (χ0v) is 13.7. The predicted octanol–water partition coefficient (Wildman–Crippen LogP) is 4.55. The van der Waals surface area contributed by atoms with Crippen LogP contribution < -0.4 is 4.74 Å². The molecule has 1 rings (SSSR count). The third-order valence-electron chi connectivity index (χ3n) is 3.43. The van der Waals surface area contributed by atoms with E-state index in [0.717, 1.165) is 25.0 Å². The highest BCUT2D eigenvalue weighted by molar-refractivity contribution is 5.31. The number of ether oxygens (including phenoxy) is 1. The van der Waals surface area contributed by atoms with E-state index >= 15 is 0 Å². The van der Waals surface area contributed by atoms with Crippen molar-refractivity contribution in [2.45, 2.75) is 59.3 Å². The Bertz CT molecular complexity index is 385. The lowest BCUT2D eigenvalue weighted by molar-refractivity contribution is 0.253. The molecule has 1 aromatic carbocycles. The van der Waals surface area contributed by atoms with Crippen molar-refractivity contribution < 1.29 is 9.84 Å². The molecular formula is C18H30O2. The van der Waals surface area contributed by atoms with Crippen LogP contribution in [-0.2, 0) is 5.41 Å². The number of benzene rings is 1. The van der Waals surface area contributed by atoms with Crippen LogP contribution in [0.15, 0.2) is 24.3 Å². The second-order valence-corrected chi connectivity index (χ2v) is 7.42. The van der Waals surface area contributed by atoms with Crippen LogP contribution in [0.5, 0.6) is 5.75 Å². The van der Waals surface area contributed by atoms with Gasteiger partial charge in [-0.15, -0.1) is 0 Å². The largest absolute Gasteiger partial charge is 0.494 e. The molecule has 1 aromatic rings. The van der Waals surface area contributed by atoms with E-state index in [0.29, 0.717) is 12.0 Å². The van der Waals surface area contributed by atoms with Gasteiger partial charge < -0.3 is 9.84 Å². The zero-order chi connectivity index (χ0) is 15.2. The Labute approximate surface area is 124 Å². The minimum absolute atomic E-state index is 0.174. The fourth-order valence-electron chi connectivity index (χ4n) is 2.83. The van der Waals surface area contributed by atoms with Crippen LogP contribution in [0.25, 0.3) is 0 Å². The Morgan fingerprint density at radius 2 is 1.55 bits per heavy atom. The third kappa shape index (κ3) is 5.96. The number of aliphatic hydroxyl groups is 1. The minimum Gasteiger partial charge on any atom is -0.494 e. The molecule has 0 aliphatic carbocycles. The zero-order valence-electron chi connectivity index (χ0n) is 13.7. The maximum absolute atomic E-state index is 8.73. The summed E-state index contributed by atoms with van der Waals surface area (Å²) in [6, 6.07) is 8.46. The summed E-state index contributed by atoms with van der Waals surface area (Å²) >= 11 is 0. The lowest BCUT2D eigenvalue weighted by atomic mass is 9.72. The van der Waals surface area contributed by atoms with Gasteiger partial charge in [0.15, 0.2) is 0 Å². The molecule has 0 fully saturated rings. The average molecular weight is 278 g/mol. The van der Waals surface area contributed by atoms with Crippen LogP contribution in [0, 0.1) is 5.41 Å². The van der Waals surface area contributed by atoms with E-state index in [4.69, 9.17) is 9.84 Å². The Morgan fingerprint density at radius 1 is 0.950 bits per heavy atom. The molecule has 2 nitrogen and oxygen atoms in total. The first-order valence-electron chi connectivity index (χ1n) is 7.59. The van der Waals surface area contributed by atoms with Gasteiger partial charge in [0, 0.05) is 6.61 Å². The first kappa shape index (κ1) is 17.0. The molecular weight excluding hydrogens is 248 g/mol. The van der Waals surface area contributed by atoms with Crippen molar-refractivity contribution in [3.63, 3.8) is 0 Å². The fraction of sp³-hybridized carbons (Fsp3) is 0.667. The van der Waals surface area contributed by atoms with Gasteiger partial charge in [0.05, 0.1) is 6.61 Å². The molecule has 0 saturated carbocycles. The Hall–Kier alpha value is -1.02. The summed E-state index contributed by atoms with van der Waals surface area (Å²) in [7, 11) is 0. The normalized spacial score (nSPS) is 12.5. The van der Waals surface area contributed by atoms with Gasteiger partial charge in [-0.3, -0.25) is 0 Å². The monoisotopic (exact) mass is 278 g/mol. The van der Waals surface area contributed by atoms with E-state index in [-0.39, 0.29) is 12.0 Å². The molecule has 0 bridgehead atoms. The lowest BCUT2D eigenvalue weighted by Crippen LogP contribution is -2.24. The van der Waals surface area contributed by atoms with Crippen LogP contribution in [0.1, 0.15) is 59.4 Å². The Kier molecular flexibility index (Phi) is 6.07. The Balaban J connectivity index is 2.61. The van der Waals surface area contributed by atoms with Crippen LogP contribution >= 0.6 is 0 Å². The first-order valence-corrected chi connectivity index (χ1v) is 7.59. The molecule has 2 heteroatoms. The average Bonchev–Trinajstić information content (AvgIpc) is 2.32. The predicted molar refractivity (Wildman–Crippen MR) is 85.4 cm³/mol. The van der Waals surface area contributed by atoms with Crippen molar-refractivity contribution in [2.75, 3.05) is 13.2 Å². The number of rotatable bonds is 7. The van der Waals surface area contributed by atoms with Crippen LogP contribution in [0.3, 0.4) is 0 Å². The highest BCUT2D eigenvalue weighted by atomic mass is 16.5. The summed E-state index contributed by atoms with van der Waals surface area (Å²) in [4.78, 5) is 0. The topological polar surface area (TPSA) is 29.5 Å². The molecule has 0 spiro atoms. The highest BCUT2D eigenvalue weighted by Gasteiger charge is 2.27. The molecule has 1 N–H and O–H groups in total. The molecule has 0 aliphatic rings. The minimum atomic E-state index is 0.174. The van der Waals surface area contributed by atoms with E-state index in [1.807, 2.05) is 0 Å². The molecule has 0 saturated heterocycles. The molecule has 0 radical (unpaired) electrons. The van der Waals surface area contributed by atoms with E-state index < -0.39 is 0 Å². The second-order valence-electron chi connectivity index (χ2n) is 7.42. The molecule has 114 valence electrons. The fourth-order valence-corrected chi connectivity index (χ4v) is 2.83. The number of unbranched alkanes of at least 4 members (excludes halogenated alkanes) is 1. The van der Waals surface area contributed by atoms with Crippen LogP contribution in [0.4, 0.5) is 0 Å². The number of hydrogen-bond donors (Lipinski definition) is 1. The van der Waals surface area contributed by atoms with Gasteiger partial charge in [0.1, 0.15) is 5.75 Å². The van der Waals surface area contributed by atoms with Gasteiger partial charge in [-0.1, -0.05) is 46.8 Å². The van der Waals surface area contributed by atoms with E-state index in [1.165, 1.54) is 5.56 Å². The molecule has 20 heavy (non-hydrogen) atoms. The van der Waals surface area contributed by atoms with Crippen molar-refractivity contribution in [1.29, 1.82) is 0 Å². The van der Waals surface area contributed by atoms with Crippen molar-refractivity contribution in [2.24, 2.45) is 5.41 Å². The van der Waals surface area contributed by atoms with Crippen molar-refractivity contribution in [1.82, 2.24) is 0 Å². The van der Waals surface area contributed by atoms with Crippen LogP contribution in [0.2, 0.25) is 0 Å². The summed E-state index contributed by atoms with van der Waals surface area (Å²) in [6.07, 6.45) is 2.85. The van der Waals surface area contributed by atoms with Gasteiger partial charge in [-0.25, -0.2) is 0 Å². The van der Waals surface area contributed by atoms with Crippen LogP contribution in [-0.4, -0.2) is 18.3 Å². The standard InChI is InChI=1S/C18H30O2/c1-17(2,3)14-18(4,5)15-8-10-16(11-9-15)20-13-7-6-12-19/h8-11,19H,6-7,12-14H2,1-5H3. The molecule has 0 heterocycles. The first-order chi connectivity index (χ1) is 9.24. The van der Waals surface area contributed by atoms with E-state index in [9.17, 15) is 0 Å². The summed E-state index contributed by atoms with van der Waals surface area (Å²) in [6.45, 7) is 12.4.